The molecule has 2 rings (SSSR count). The van der Waals surface area contributed by atoms with Gasteiger partial charge in [0.05, 0.1) is 9.99 Å². The molecule has 1 aromatic heterocycles. The molecule has 0 bridgehead atoms. The SMILES string of the molecule is NCc1cc2c(O)c(Br)cc(F)c2[nH]1. The van der Waals surface area contributed by atoms with Crippen LogP contribution < -0.4 is 5.73 Å². The molecule has 0 saturated carbocycles. The first-order chi connectivity index (χ1) is 6.63. The molecule has 3 nitrogen and oxygen atoms in total. The average molecular weight is 259 g/mol. The fourth-order valence-electron chi connectivity index (χ4n) is 1.38. The summed E-state index contributed by atoms with van der Waals surface area (Å²) in [7, 11) is 0. The number of hydrogen-bond acceptors (Lipinski definition) is 2. The maximum absolute atomic E-state index is 13.4. The third-order valence-electron chi connectivity index (χ3n) is 2.07. The van der Waals surface area contributed by atoms with Crippen molar-refractivity contribution in [2.45, 2.75) is 6.54 Å². The number of phenolic OH excluding ortho intramolecular Hbond substituents is 1. The monoisotopic (exact) mass is 258 g/mol. The summed E-state index contributed by atoms with van der Waals surface area (Å²) in [6.45, 7) is 0.283. The molecule has 74 valence electrons. The molecule has 0 radical (unpaired) electrons. The van der Waals surface area contributed by atoms with Crippen molar-refractivity contribution in [3.8, 4) is 5.75 Å². The highest BCUT2D eigenvalue weighted by molar-refractivity contribution is 9.10. The molecule has 0 fully saturated rings. The summed E-state index contributed by atoms with van der Waals surface area (Å²) in [5, 5.41) is 10.1. The number of benzene rings is 1. The zero-order valence-electron chi connectivity index (χ0n) is 7.14. The number of phenols is 1. The highest BCUT2D eigenvalue weighted by Crippen LogP contribution is 2.34. The van der Waals surface area contributed by atoms with Gasteiger partial charge >= 0.3 is 0 Å². The predicted octanol–water partition coefficient (Wildman–Crippen LogP) is 2.23. The van der Waals surface area contributed by atoms with E-state index in [4.69, 9.17) is 5.73 Å². The van der Waals surface area contributed by atoms with Gasteiger partial charge in [0, 0.05) is 17.6 Å². The predicted molar refractivity (Wildman–Crippen MR) is 55.5 cm³/mol. The number of aromatic nitrogens is 1. The number of rotatable bonds is 1. The van der Waals surface area contributed by atoms with Crippen LogP contribution in [0.3, 0.4) is 0 Å². The number of aromatic hydroxyl groups is 1. The molecule has 1 aromatic carbocycles. The van der Waals surface area contributed by atoms with Gasteiger partial charge in [-0.25, -0.2) is 4.39 Å². The zero-order chi connectivity index (χ0) is 10.3. The van der Waals surface area contributed by atoms with E-state index in [0.717, 1.165) is 0 Å². The second-order valence-corrected chi connectivity index (χ2v) is 3.83. The van der Waals surface area contributed by atoms with E-state index in [0.29, 0.717) is 15.6 Å². The molecule has 0 aliphatic heterocycles. The van der Waals surface area contributed by atoms with Gasteiger partial charge in [0.2, 0.25) is 0 Å². The minimum absolute atomic E-state index is 0.0253. The number of halogens is 2. The van der Waals surface area contributed by atoms with Gasteiger partial charge in [-0.1, -0.05) is 0 Å². The molecule has 2 aromatic rings. The first kappa shape index (κ1) is 9.48. The Morgan fingerprint density at radius 1 is 1.50 bits per heavy atom. The largest absolute Gasteiger partial charge is 0.506 e. The Balaban J connectivity index is 2.84. The lowest BCUT2D eigenvalue weighted by atomic mass is 10.2. The highest BCUT2D eigenvalue weighted by atomic mass is 79.9. The molecule has 0 aliphatic rings. The molecular formula is C9H8BrFN2O. The lowest BCUT2D eigenvalue weighted by Gasteiger charge is -1.99. The van der Waals surface area contributed by atoms with Crippen LogP contribution in [-0.4, -0.2) is 10.1 Å². The Bertz CT molecular complexity index is 495. The summed E-state index contributed by atoms with van der Waals surface area (Å²) in [5.41, 5.74) is 6.38. The fraction of sp³-hybridized carbons (Fsp3) is 0.111. The van der Waals surface area contributed by atoms with Gasteiger partial charge < -0.3 is 15.8 Å². The van der Waals surface area contributed by atoms with Gasteiger partial charge in [0.15, 0.2) is 0 Å². The topological polar surface area (TPSA) is 62.0 Å². The minimum atomic E-state index is -0.413. The van der Waals surface area contributed by atoms with Crippen LogP contribution >= 0.6 is 15.9 Å². The van der Waals surface area contributed by atoms with E-state index in [2.05, 4.69) is 20.9 Å². The summed E-state index contributed by atoms with van der Waals surface area (Å²) in [5.74, 6) is -0.387. The van der Waals surface area contributed by atoms with E-state index < -0.39 is 5.82 Å². The van der Waals surface area contributed by atoms with E-state index in [1.807, 2.05) is 0 Å². The van der Waals surface area contributed by atoms with Gasteiger partial charge in [0.1, 0.15) is 11.6 Å². The number of fused-ring (bicyclic) bond motifs is 1. The first-order valence-corrected chi connectivity index (χ1v) is 4.81. The molecule has 1 heterocycles. The molecular weight excluding hydrogens is 251 g/mol. The Labute approximate surface area is 87.9 Å². The van der Waals surface area contributed by atoms with Crippen molar-refractivity contribution in [2.75, 3.05) is 0 Å². The molecule has 0 aliphatic carbocycles. The second kappa shape index (κ2) is 3.25. The van der Waals surface area contributed by atoms with Gasteiger partial charge in [-0.15, -0.1) is 0 Å². The molecule has 0 atom stereocenters. The standard InChI is InChI=1S/C9H8BrFN2O/c10-6-2-7(11)8-5(9(6)14)1-4(3-12)13-8/h1-2,13-14H,3,12H2. The number of nitrogens with one attached hydrogen (secondary N) is 1. The van der Waals surface area contributed by atoms with Crippen LogP contribution in [0.1, 0.15) is 5.69 Å². The molecule has 5 heteroatoms. The third-order valence-corrected chi connectivity index (χ3v) is 2.67. The second-order valence-electron chi connectivity index (χ2n) is 2.98. The van der Waals surface area contributed by atoms with E-state index >= 15 is 0 Å². The average Bonchev–Trinajstić information content (AvgIpc) is 2.58. The highest BCUT2D eigenvalue weighted by Gasteiger charge is 2.12. The Morgan fingerprint density at radius 3 is 2.86 bits per heavy atom. The third kappa shape index (κ3) is 1.29. The Hall–Kier alpha value is -1.07. The van der Waals surface area contributed by atoms with Crippen LogP contribution in [0.5, 0.6) is 5.75 Å². The van der Waals surface area contributed by atoms with Crippen LogP contribution in [0.15, 0.2) is 16.6 Å². The maximum Gasteiger partial charge on any atom is 0.148 e. The summed E-state index contributed by atoms with van der Waals surface area (Å²) in [6, 6.07) is 2.85. The van der Waals surface area contributed by atoms with E-state index in [1.54, 1.807) is 6.07 Å². The van der Waals surface area contributed by atoms with E-state index in [1.165, 1.54) is 6.07 Å². The van der Waals surface area contributed by atoms with Crippen LogP contribution in [0.4, 0.5) is 4.39 Å². The molecule has 0 saturated heterocycles. The Kier molecular flexibility index (Phi) is 2.20. The van der Waals surface area contributed by atoms with Gasteiger partial charge in [-0.3, -0.25) is 0 Å². The van der Waals surface area contributed by atoms with Crippen molar-refractivity contribution in [2.24, 2.45) is 5.73 Å². The molecule has 4 N–H and O–H groups in total. The summed E-state index contributed by atoms with van der Waals surface area (Å²) in [6.07, 6.45) is 0. The smallest absolute Gasteiger partial charge is 0.148 e. The van der Waals surface area contributed by atoms with Crippen molar-refractivity contribution >= 4 is 26.8 Å². The van der Waals surface area contributed by atoms with Crippen molar-refractivity contribution in [1.29, 1.82) is 0 Å². The molecule has 0 amide bonds. The molecule has 0 spiro atoms. The zero-order valence-corrected chi connectivity index (χ0v) is 8.73. The van der Waals surface area contributed by atoms with Gasteiger partial charge in [-0.2, -0.15) is 0 Å². The number of nitrogens with two attached hydrogens (primary N) is 1. The summed E-state index contributed by atoms with van der Waals surface area (Å²) in [4.78, 5) is 2.80. The van der Waals surface area contributed by atoms with Gasteiger partial charge in [-0.05, 0) is 28.1 Å². The van der Waals surface area contributed by atoms with Crippen molar-refractivity contribution in [1.82, 2.24) is 4.98 Å². The van der Waals surface area contributed by atoms with Crippen molar-refractivity contribution in [3.63, 3.8) is 0 Å². The summed E-state index contributed by atoms with van der Waals surface area (Å²) >= 11 is 3.06. The number of aromatic amines is 1. The lowest BCUT2D eigenvalue weighted by Crippen LogP contribution is -1.95. The van der Waals surface area contributed by atoms with Crippen molar-refractivity contribution < 1.29 is 9.50 Å². The number of hydrogen-bond donors (Lipinski definition) is 3. The lowest BCUT2D eigenvalue weighted by molar-refractivity contribution is 0.477. The van der Waals surface area contributed by atoms with Crippen LogP contribution in [0.25, 0.3) is 10.9 Å². The van der Waals surface area contributed by atoms with Gasteiger partial charge in [0.25, 0.3) is 0 Å². The minimum Gasteiger partial charge on any atom is -0.506 e. The Morgan fingerprint density at radius 2 is 2.21 bits per heavy atom. The van der Waals surface area contributed by atoms with Crippen LogP contribution in [-0.2, 0) is 6.54 Å². The first-order valence-electron chi connectivity index (χ1n) is 4.02. The van der Waals surface area contributed by atoms with E-state index in [9.17, 15) is 9.50 Å². The van der Waals surface area contributed by atoms with Crippen LogP contribution in [0.2, 0.25) is 0 Å². The number of H-pyrrole nitrogens is 1. The van der Waals surface area contributed by atoms with Crippen molar-refractivity contribution in [3.05, 3.63) is 28.1 Å². The van der Waals surface area contributed by atoms with Crippen LogP contribution in [0, 0.1) is 5.82 Å². The molecule has 0 unspecified atom stereocenters. The molecule has 14 heavy (non-hydrogen) atoms. The van der Waals surface area contributed by atoms with E-state index in [-0.39, 0.29) is 17.8 Å². The quantitative estimate of drug-likeness (QED) is 0.735. The maximum atomic E-state index is 13.4. The summed E-state index contributed by atoms with van der Waals surface area (Å²) < 4.78 is 13.7. The fourth-order valence-corrected chi connectivity index (χ4v) is 1.79. The normalized spacial score (nSPS) is 11.1.